The van der Waals surface area contributed by atoms with Crippen LogP contribution < -0.4 is 19.7 Å². The van der Waals surface area contributed by atoms with Gasteiger partial charge in [-0.1, -0.05) is 12.1 Å². The molecule has 1 fully saturated rings. The molecule has 204 valence electrons. The first-order valence-electron chi connectivity index (χ1n) is 11.1. The number of nitro benzene ring substituents is 1. The Balaban J connectivity index is 1.61. The van der Waals surface area contributed by atoms with E-state index in [0.29, 0.717) is 11.0 Å². The molecule has 0 radical (unpaired) electrons. The molecule has 0 bridgehead atoms. The maximum absolute atomic E-state index is 13.1. The van der Waals surface area contributed by atoms with Crippen LogP contribution in [0, 0.1) is 10.1 Å². The maximum atomic E-state index is 13.1. The fourth-order valence-corrected chi connectivity index (χ4v) is 3.62. The van der Waals surface area contributed by atoms with E-state index in [4.69, 9.17) is 9.47 Å². The lowest BCUT2D eigenvalue weighted by Crippen LogP contribution is -2.54. The number of imide groups is 2. The minimum absolute atomic E-state index is 0.000843. The normalized spacial score (nSPS) is 14.7. The summed E-state index contributed by atoms with van der Waals surface area (Å²) in [5.74, 6) is -3.16. The average molecular weight is 555 g/mol. The van der Waals surface area contributed by atoms with Crippen LogP contribution in [0.1, 0.15) is 21.5 Å². The zero-order valence-electron chi connectivity index (χ0n) is 20.2. The molecular weight excluding hydrogens is 539 g/mol. The number of nitrogens with one attached hydrogen (secondary N) is 1. The molecule has 0 atom stereocenters. The molecule has 0 aromatic heterocycles. The molecular formula is C26H16F3N3O8. The topological polar surface area (TPSA) is 145 Å². The first-order chi connectivity index (χ1) is 18.9. The van der Waals surface area contributed by atoms with Crippen molar-refractivity contribution in [2.75, 3.05) is 12.0 Å². The van der Waals surface area contributed by atoms with Crippen molar-refractivity contribution in [3.63, 3.8) is 0 Å². The highest BCUT2D eigenvalue weighted by Gasteiger charge is 2.38. The van der Waals surface area contributed by atoms with Gasteiger partial charge in [0, 0.05) is 12.1 Å². The number of halogens is 3. The smallest absolute Gasteiger partial charge is 0.416 e. The van der Waals surface area contributed by atoms with Gasteiger partial charge < -0.3 is 9.47 Å². The number of carbonyl (C=O) groups excluding carboxylic acids is 4. The molecule has 1 heterocycles. The molecule has 14 heteroatoms. The number of esters is 1. The monoisotopic (exact) mass is 555 g/mol. The summed E-state index contributed by atoms with van der Waals surface area (Å²) in [5, 5.41) is 12.7. The Morgan fingerprint density at radius 2 is 1.70 bits per heavy atom. The molecule has 4 rings (SSSR count). The highest BCUT2D eigenvalue weighted by Crippen LogP contribution is 2.33. The molecule has 0 spiro atoms. The molecule has 1 saturated heterocycles. The van der Waals surface area contributed by atoms with Gasteiger partial charge in [0.2, 0.25) is 0 Å². The Kier molecular flexibility index (Phi) is 7.35. The zero-order valence-corrected chi connectivity index (χ0v) is 20.2. The molecule has 1 aliphatic rings. The number of amides is 4. The van der Waals surface area contributed by atoms with Crippen LogP contribution in [-0.4, -0.2) is 35.8 Å². The molecule has 0 unspecified atom stereocenters. The first kappa shape index (κ1) is 27.5. The van der Waals surface area contributed by atoms with E-state index < -0.39 is 51.7 Å². The van der Waals surface area contributed by atoms with E-state index in [2.05, 4.69) is 0 Å². The van der Waals surface area contributed by atoms with Gasteiger partial charge in [-0.3, -0.25) is 25.0 Å². The summed E-state index contributed by atoms with van der Waals surface area (Å²) < 4.78 is 49.9. The number of non-ortho nitro benzene ring substituents is 1. The lowest BCUT2D eigenvalue weighted by Gasteiger charge is -2.27. The van der Waals surface area contributed by atoms with Crippen LogP contribution in [0.15, 0.2) is 72.3 Å². The van der Waals surface area contributed by atoms with Crippen LogP contribution in [0.5, 0.6) is 11.5 Å². The number of urea groups is 1. The van der Waals surface area contributed by atoms with Crippen LogP contribution in [0.4, 0.5) is 29.3 Å². The molecule has 3 aromatic rings. The fraction of sp³-hybridized carbons (Fsp3) is 0.0769. The lowest BCUT2D eigenvalue weighted by atomic mass is 10.1. The van der Waals surface area contributed by atoms with Crippen molar-refractivity contribution in [2.24, 2.45) is 0 Å². The van der Waals surface area contributed by atoms with Crippen molar-refractivity contribution >= 4 is 41.3 Å². The van der Waals surface area contributed by atoms with E-state index in [-0.39, 0.29) is 28.3 Å². The van der Waals surface area contributed by atoms with Crippen molar-refractivity contribution < 1.29 is 46.7 Å². The Bertz CT molecular complexity index is 1580. The summed E-state index contributed by atoms with van der Waals surface area (Å²) in [6.45, 7) is 0. The highest BCUT2D eigenvalue weighted by molar-refractivity contribution is 6.39. The van der Waals surface area contributed by atoms with Gasteiger partial charge in [-0.15, -0.1) is 0 Å². The maximum Gasteiger partial charge on any atom is 0.416 e. The van der Waals surface area contributed by atoms with E-state index in [1.54, 1.807) is 0 Å². The molecule has 11 nitrogen and oxygen atoms in total. The lowest BCUT2D eigenvalue weighted by molar-refractivity contribution is -0.384. The summed E-state index contributed by atoms with van der Waals surface area (Å²) in [7, 11) is 1.25. The second kappa shape index (κ2) is 10.7. The molecule has 0 saturated carbocycles. The Labute approximate surface area is 222 Å². The SMILES string of the molecule is COc1cc(/C=C2\C(=O)NC(=O)N(c3cccc(C(F)(F)F)c3)C2=O)ccc1OC(=O)c1ccc([N+](=O)[O-])cc1. The van der Waals surface area contributed by atoms with Gasteiger partial charge in [-0.05, 0) is 54.1 Å². The van der Waals surface area contributed by atoms with E-state index >= 15 is 0 Å². The Hall–Kier alpha value is -5.53. The van der Waals surface area contributed by atoms with Gasteiger partial charge in [-0.2, -0.15) is 13.2 Å². The fourth-order valence-electron chi connectivity index (χ4n) is 3.62. The van der Waals surface area contributed by atoms with Crippen molar-refractivity contribution in [1.82, 2.24) is 5.32 Å². The number of carbonyl (C=O) groups is 4. The van der Waals surface area contributed by atoms with Crippen molar-refractivity contribution in [3.05, 3.63) is 99.1 Å². The number of nitro groups is 1. The van der Waals surface area contributed by atoms with Crippen molar-refractivity contribution in [2.45, 2.75) is 6.18 Å². The first-order valence-corrected chi connectivity index (χ1v) is 11.1. The van der Waals surface area contributed by atoms with Crippen LogP contribution in [-0.2, 0) is 15.8 Å². The number of anilines is 1. The molecule has 0 aliphatic carbocycles. The molecule has 4 amide bonds. The second-order valence-corrected chi connectivity index (χ2v) is 8.11. The third kappa shape index (κ3) is 5.65. The van der Waals surface area contributed by atoms with E-state index in [1.807, 2.05) is 5.32 Å². The zero-order chi connectivity index (χ0) is 29.2. The Morgan fingerprint density at radius 1 is 1.00 bits per heavy atom. The van der Waals surface area contributed by atoms with Gasteiger partial charge in [0.05, 0.1) is 28.8 Å². The number of barbiturate groups is 1. The number of benzene rings is 3. The average Bonchev–Trinajstić information content (AvgIpc) is 2.91. The number of ether oxygens (including phenoxy) is 2. The van der Waals surface area contributed by atoms with E-state index in [0.717, 1.165) is 36.4 Å². The summed E-state index contributed by atoms with van der Waals surface area (Å²) in [6, 6.07) is 10.9. The van der Waals surface area contributed by atoms with Gasteiger partial charge >= 0.3 is 18.2 Å². The van der Waals surface area contributed by atoms with E-state index in [1.165, 1.54) is 37.4 Å². The van der Waals surface area contributed by atoms with Gasteiger partial charge in [0.1, 0.15) is 5.57 Å². The predicted octanol–water partition coefficient (Wildman–Crippen LogP) is 4.51. The summed E-state index contributed by atoms with van der Waals surface area (Å²) >= 11 is 0. The molecule has 1 N–H and O–H groups in total. The van der Waals surface area contributed by atoms with Crippen LogP contribution in [0.3, 0.4) is 0 Å². The van der Waals surface area contributed by atoms with Gasteiger partial charge in [0.25, 0.3) is 17.5 Å². The largest absolute Gasteiger partial charge is 0.493 e. The summed E-state index contributed by atoms with van der Waals surface area (Å²) in [5.41, 5.74) is -2.08. The number of alkyl halides is 3. The number of rotatable bonds is 6. The molecule has 1 aliphatic heterocycles. The molecule has 40 heavy (non-hydrogen) atoms. The highest BCUT2D eigenvalue weighted by atomic mass is 19.4. The minimum atomic E-state index is -4.74. The number of nitrogens with zero attached hydrogens (tertiary/aromatic N) is 2. The third-order valence-electron chi connectivity index (χ3n) is 5.55. The Morgan fingerprint density at radius 3 is 2.33 bits per heavy atom. The van der Waals surface area contributed by atoms with Gasteiger partial charge in [-0.25, -0.2) is 14.5 Å². The summed E-state index contributed by atoms with van der Waals surface area (Å²) in [6.07, 6.45) is -3.66. The number of methoxy groups -OCH3 is 1. The van der Waals surface area contributed by atoms with Crippen LogP contribution in [0.2, 0.25) is 0 Å². The molecule has 3 aromatic carbocycles. The van der Waals surface area contributed by atoms with Crippen molar-refractivity contribution in [3.8, 4) is 11.5 Å². The van der Waals surface area contributed by atoms with Gasteiger partial charge in [0.15, 0.2) is 11.5 Å². The minimum Gasteiger partial charge on any atom is -0.493 e. The number of hydrogen-bond donors (Lipinski definition) is 1. The second-order valence-electron chi connectivity index (χ2n) is 8.11. The van der Waals surface area contributed by atoms with E-state index in [9.17, 15) is 42.5 Å². The van der Waals surface area contributed by atoms with Crippen LogP contribution >= 0.6 is 0 Å². The summed E-state index contributed by atoms with van der Waals surface area (Å²) in [4.78, 5) is 60.9. The van der Waals surface area contributed by atoms with Crippen LogP contribution in [0.25, 0.3) is 6.08 Å². The quantitative estimate of drug-likeness (QED) is 0.117. The standard InChI is InChI=1S/C26H16F3N3O8/c1-39-21-12-14(5-10-20(21)40-24(35)15-6-8-17(9-7-15)32(37)38)11-19-22(33)30-25(36)31(23(19)34)18-4-2-3-16(13-18)26(27,28)29/h2-13H,1H3,(H,30,33,36)/b19-11+. The third-order valence-corrected chi connectivity index (χ3v) is 5.55. The van der Waals surface area contributed by atoms with Crippen molar-refractivity contribution in [1.29, 1.82) is 0 Å². The predicted molar refractivity (Wildman–Crippen MR) is 131 cm³/mol. The number of hydrogen-bond acceptors (Lipinski definition) is 8.